The highest BCUT2D eigenvalue weighted by atomic mass is 31.2. The third kappa shape index (κ3) is 3.91. The fourth-order valence-corrected chi connectivity index (χ4v) is 6.54. The second kappa shape index (κ2) is 7.82. The van der Waals surface area contributed by atoms with E-state index in [2.05, 4.69) is 0 Å². The van der Waals surface area contributed by atoms with Crippen LogP contribution in [0, 0.1) is 0 Å². The zero-order valence-electron chi connectivity index (χ0n) is 15.9. The molecule has 0 aliphatic carbocycles. The average Bonchev–Trinajstić information content (AvgIpc) is 2.69. The Morgan fingerprint density at radius 2 is 1.07 bits per heavy atom. The van der Waals surface area contributed by atoms with Crippen LogP contribution in [0.1, 0.15) is 32.1 Å². The molecule has 3 rings (SSSR count). The summed E-state index contributed by atoms with van der Waals surface area (Å²) in [5.74, 6) is -0.802. The molecular weight excluding hydrogens is 353 g/mol. The van der Waals surface area contributed by atoms with E-state index in [4.69, 9.17) is 0 Å². The van der Waals surface area contributed by atoms with E-state index in [1.54, 1.807) is 0 Å². The summed E-state index contributed by atoms with van der Waals surface area (Å²) in [5, 5.41) is 15.9. The van der Waals surface area contributed by atoms with Crippen molar-refractivity contribution in [3.63, 3.8) is 0 Å². The molecule has 3 nitrogen and oxygen atoms in total. The number of hydrogen-bond donors (Lipinski definition) is 0. The van der Waals surface area contributed by atoms with E-state index in [0.29, 0.717) is 10.6 Å². The van der Waals surface area contributed by atoms with Crippen molar-refractivity contribution >= 4 is 17.8 Å². The predicted molar refractivity (Wildman–Crippen MR) is 111 cm³/mol. The molecule has 3 aromatic carbocycles. The third-order valence-electron chi connectivity index (χ3n) is 4.60. The van der Waals surface area contributed by atoms with Gasteiger partial charge in [0.1, 0.15) is 5.78 Å². The van der Waals surface area contributed by atoms with E-state index in [1.807, 2.05) is 112 Å². The first-order chi connectivity index (χ1) is 12.8. The molecule has 1 atom stereocenters. The summed E-state index contributed by atoms with van der Waals surface area (Å²) in [6.45, 7) is 5.57. The second-order valence-electron chi connectivity index (χ2n) is 7.61. The Bertz CT molecular complexity index is 862. The zero-order valence-corrected chi connectivity index (χ0v) is 16.8. The van der Waals surface area contributed by atoms with E-state index in [0.717, 1.165) is 10.6 Å². The molecule has 0 saturated heterocycles. The van der Waals surface area contributed by atoms with Gasteiger partial charge in [0.25, 0.3) is 0 Å². The third-order valence-corrected chi connectivity index (χ3v) is 7.93. The smallest absolute Gasteiger partial charge is 0.166 e. The van der Waals surface area contributed by atoms with Crippen LogP contribution in [-0.4, -0.2) is 10.6 Å². The topological polar surface area (TPSA) is 40.2 Å². The fourth-order valence-electron chi connectivity index (χ4n) is 3.22. The molecule has 0 amide bonds. The normalized spacial score (nSPS) is 13.5. The fraction of sp³-hybridized carbons (Fsp3) is 0.217. The summed E-state index contributed by atoms with van der Waals surface area (Å²) in [5.41, 5.74) is 0.0678. The monoisotopic (exact) mass is 378 g/mol. The minimum Gasteiger partial charge on any atom is -0.312 e. The van der Waals surface area contributed by atoms with Gasteiger partial charge in [-0.05, 0) is 26.3 Å². The zero-order chi connectivity index (χ0) is 19.5. The molecule has 0 fully saturated rings. The number of hydrogen-bond acceptors (Lipinski definition) is 2. The molecule has 1 radical (unpaired) electrons. The van der Waals surface area contributed by atoms with Gasteiger partial charge in [-0.25, -0.2) is 0 Å². The van der Waals surface area contributed by atoms with Crippen LogP contribution >= 0.6 is 7.14 Å². The van der Waals surface area contributed by atoms with E-state index >= 15 is 0 Å². The maximum Gasteiger partial charge on any atom is 0.166 e. The minimum absolute atomic E-state index is 0.690. The lowest BCUT2D eigenvalue weighted by molar-refractivity contribution is -0.224. The Labute approximate surface area is 161 Å². The van der Waals surface area contributed by atoms with Crippen LogP contribution in [0.25, 0.3) is 0 Å². The van der Waals surface area contributed by atoms with Gasteiger partial charge >= 0.3 is 0 Å². The highest BCUT2D eigenvalue weighted by molar-refractivity contribution is 7.78. The molecule has 0 unspecified atom stereocenters. The van der Waals surface area contributed by atoms with Crippen molar-refractivity contribution in [3.8, 4) is 0 Å². The Balaban J connectivity index is 2.31. The quantitative estimate of drug-likeness (QED) is 0.455. The Hall–Kier alpha value is -2.19. The molecule has 27 heavy (non-hydrogen) atoms. The first-order valence-electron chi connectivity index (χ1n) is 9.07. The molecule has 4 heteroatoms. The lowest BCUT2D eigenvalue weighted by Crippen LogP contribution is -2.42. The van der Waals surface area contributed by atoms with Crippen molar-refractivity contribution in [3.05, 3.63) is 96.6 Å². The molecule has 0 bridgehead atoms. The van der Waals surface area contributed by atoms with E-state index in [1.165, 1.54) is 0 Å². The number of benzene rings is 3. The molecule has 139 valence electrons. The molecule has 3 aromatic rings. The molecule has 0 saturated carbocycles. The van der Waals surface area contributed by atoms with Crippen LogP contribution in [0.2, 0.25) is 0 Å². The van der Waals surface area contributed by atoms with Gasteiger partial charge in [0.2, 0.25) is 0 Å². The summed E-state index contributed by atoms with van der Waals surface area (Å²) in [4.78, 5) is 0. The minimum atomic E-state index is -3.30. The summed E-state index contributed by atoms with van der Waals surface area (Å²) >= 11 is 0. The van der Waals surface area contributed by atoms with Gasteiger partial charge in [-0.2, -0.15) is 0 Å². The highest BCUT2D eigenvalue weighted by Gasteiger charge is 2.45. The Morgan fingerprint density at radius 3 is 1.44 bits per heavy atom. The van der Waals surface area contributed by atoms with Crippen LogP contribution in [0.5, 0.6) is 0 Å². The van der Waals surface area contributed by atoms with Crippen LogP contribution < -0.4 is 10.6 Å². The molecule has 0 spiro atoms. The highest BCUT2D eigenvalue weighted by Crippen LogP contribution is 2.59. The first kappa shape index (κ1) is 19.6. The predicted octanol–water partition coefficient (Wildman–Crippen LogP) is 5.15. The maximum absolute atomic E-state index is 14.8. The lowest BCUT2D eigenvalue weighted by Gasteiger charge is -2.39. The Kier molecular flexibility index (Phi) is 5.67. The second-order valence-corrected chi connectivity index (χ2v) is 10.4. The maximum atomic E-state index is 14.8. The summed E-state index contributed by atoms with van der Waals surface area (Å²) < 4.78 is 14.8. The van der Waals surface area contributed by atoms with Crippen LogP contribution in [-0.2, 0) is 9.77 Å². The van der Waals surface area contributed by atoms with Gasteiger partial charge in [0.05, 0.1) is 0 Å². The van der Waals surface area contributed by atoms with Crippen LogP contribution in [0.3, 0.4) is 0 Å². The lowest BCUT2D eigenvalue weighted by atomic mass is 10.1. The van der Waals surface area contributed by atoms with Crippen molar-refractivity contribution in [2.45, 2.75) is 32.1 Å². The largest absolute Gasteiger partial charge is 0.312 e. The summed E-state index contributed by atoms with van der Waals surface area (Å²) in [6.07, 6.45) is 0. The first-order valence-corrected chi connectivity index (χ1v) is 10.8. The van der Waals surface area contributed by atoms with E-state index in [-0.39, 0.29) is 0 Å². The van der Waals surface area contributed by atoms with Gasteiger partial charge < -0.3 is 4.57 Å². The number of hydroxylamine groups is 2. The van der Waals surface area contributed by atoms with Gasteiger partial charge in [0, 0.05) is 16.1 Å². The SMILES string of the molecule is CC(C)(C)N([O])[C@@H](c1ccccc1)P(=O)(c1ccccc1)c1ccccc1. The molecule has 0 heterocycles. The van der Waals surface area contributed by atoms with Gasteiger partial charge in [-0.15, -0.1) is 10.3 Å². The van der Waals surface area contributed by atoms with Gasteiger partial charge in [0.15, 0.2) is 7.14 Å². The summed E-state index contributed by atoms with van der Waals surface area (Å²) in [7, 11) is -3.30. The standard InChI is InChI=1S/C23H25NO2P/c1-23(2,3)24(25)22(19-13-7-4-8-14-19)27(26,20-15-9-5-10-16-20)21-17-11-6-12-18-21/h4-18,22H,1-3H3/t22-/m1/s1. The average molecular weight is 378 g/mol. The molecule has 0 aromatic heterocycles. The van der Waals surface area contributed by atoms with Crippen LogP contribution in [0.15, 0.2) is 91.0 Å². The van der Waals surface area contributed by atoms with Crippen molar-refractivity contribution in [1.82, 2.24) is 5.06 Å². The van der Waals surface area contributed by atoms with Crippen molar-refractivity contribution in [1.29, 1.82) is 0 Å². The Morgan fingerprint density at radius 1 is 0.704 bits per heavy atom. The molecule has 0 N–H and O–H groups in total. The molecule has 0 aliphatic rings. The van der Waals surface area contributed by atoms with Crippen molar-refractivity contribution in [2.75, 3.05) is 0 Å². The van der Waals surface area contributed by atoms with Crippen molar-refractivity contribution < 1.29 is 9.77 Å². The molecular formula is C23H25NO2P. The molecule has 0 aliphatic heterocycles. The van der Waals surface area contributed by atoms with E-state index in [9.17, 15) is 9.77 Å². The van der Waals surface area contributed by atoms with Crippen molar-refractivity contribution in [2.24, 2.45) is 0 Å². The number of rotatable bonds is 5. The van der Waals surface area contributed by atoms with Gasteiger partial charge in [-0.3, -0.25) is 0 Å². The van der Waals surface area contributed by atoms with E-state index < -0.39 is 18.5 Å². The number of nitrogens with zero attached hydrogens (tertiary/aromatic N) is 1. The summed E-state index contributed by atoms with van der Waals surface area (Å²) in [6, 6.07) is 28.2. The van der Waals surface area contributed by atoms with Crippen LogP contribution in [0.4, 0.5) is 0 Å². The van der Waals surface area contributed by atoms with Gasteiger partial charge in [-0.1, -0.05) is 91.0 Å².